The molecule has 8 heteroatoms. The monoisotopic (exact) mass is 466 g/mol. The van der Waals surface area contributed by atoms with E-state index in [1.54, 1.807) is 25.7 Å². The smallest absolute Gasteiger partial charge is 0.410 e. The lowest BCUT2D eigenvalue weighted by atomic mass is 9.99. The number of benzene rings is 2. The molecular formula is C26H28F2N4O2. The quantitative estimate of drug-likeness (QED) is 0.612. The molecule has 2 aromatic rings. The van der Waals surface area contributed by atoms with Crippen molar-refractivity contribution < 1.29 is 18.3 Å². The third-order valence-electron chi connectivity index (χ3n) is 5.69. The SMILES string of the molecule is CC(C)(C)OC(=O)N1CCC[C@@H](N(Cc2cc(F)ccc2C#N)Cc2cc(F)ccc2C#N)C1. The first-order chi connectivity index (χ1) is 16.1. The average Bonchev–Trinajstić information content (AvgIpc) is 2.78. The molecule has 1 fully saturated rings. The van der Waals surface area contributed by atoms with E-state index in [0.29, 0.717) is 35.3 Å². The lowest BCUT2D eigenvalue weighted by molar-refractivity contribution is 0.00890. The predicted molar refractivity (Wildman–Crippen MR) is 122 cm³/mol. The highest BCUT2D eigenvalue weighted by Crippen LogP contribution is 2.25. The van der Waals surface area contributed by atoms with Gasteiger partial charge in [-0.05, 0) is 81.1 Å². The van der Waals surface area contributed by atoms with Gasteiger partial charge >= 0.3 is 6.09 Å². The molecule has 1 amide bonds. The van der Waals surface area contributed by atoms with Crippen molar-refractivity contribution in [1.29, 1.82) is 10.5 Å². The van der Waals surface area contributed by atoms with Gasteiger partial charge in [-0.2, -0.15) is 10.5 Å². The second-order valence-electron chi connectivity index (χ2n) is 9.45. The van der Waals surface area contributed by atoms with Gasteiger partial charge in [-0.25, -0.2) is 13.6 Å². The number of likely N-dealkylation sites (tertiary alicyclic amines) is 1. The fourth-order valence-corrected chi connectivity index (χ4v) is 4.10. The van der Waals surface area contributed by atoms with Gasteiger partial charge in [0.2, 0.25) is 0 Å². The summed E-state index contributed by atoms with van der Waals surface area (Å²) in [6, 6.07) is 12.0. The van der Waals surface area contributed by atoms with Gasteiger partial charge < -0.3 is 9.64 Å². The van der Waals surface area contributed by atoms with Crippen molar-refractivity contribution in [1.82, 2.24) is 9.80 Å². The Hall–Kier alpha value is -3.49. The van der Waals surface area contributed by atoms with Gasteiger partial charge in [0.25, 0.3) is 0 Å². The van der Waals surface area contributed by atoms with Crippen LogP contribution in [-0.2, 0) is 17.8 Å². The Bertz CT molecular complexity index is 1070. The Kier molecular flexibility index (Phi) is 7.86. The Morgan fingerprint density at radius 3 is 2.06 bits per heavy atom. The van der Waals surface area contributed by atoms with E-state index in [1.165, 1.54) is 36.4 Å². The maximum Gasteiger partial charge on any atom is 0.410 e. The van der Waals surface area contributed by atoms with Crippen molar-refractivity contribution in [3.63, 3.8) is 0 Å². The largest absolute Gasteiger partial charge is 0.444 e. The van der Waals surface area contributed by atoms with Gasteiger partial charge in [0.1, 0.15) is 17.2 Å². The number of nitrogens with zero attached hydrogens (tertiary/aromatic N) is 4. The van der Waals surface area contributed by atoms with Crippen LogP contribution in [0.5, 0.6) is 0 Å². The zero-order valence-electron chi connectivity index (χ0n) is 19.6. The highest BCUT2D eigenvalue weighted by molar-refractivity contribution is 5.68. The number of nitriles is 2. The lowest BCUT2D eigenvalue weighted by Gasteiger charge is -2.40. The standard InChI is InChI=1S/C26H28F2N4O2/c1-26(2,3)34-25(33)31-10-4-5-24(17-31)32(15-20-11-22(27)8-6-18(20)13-29)16-21-12-23(28)9-7-19(21)14-30/h6-9,11-12,24H,4-5,10,15-17H2,1-3H3/t24-/m1/s1. The molecule has 1 aliphatic rings. The molecular weight excluding hydrogens is 438 g/mol. The molecule has 0 aromatic heterocycles. The van der Waals surface area contributed by atoms with Gasteiger partial charge in [-0.15, -0.1) is 0 Å². The summed E-state index contributed by atoms with van der Waals surface area (Å²) in [4.78, 5) is 16.3. The summed E-state index contributed by atoms with van der Waals surface area (Å²) in [6.07, 6.45) is 1.06. The van der Waals surface area contributed by atoms with Gasteiger partial charge in [-0.1, -0.05) is 0 Å². The first-order valence-electron chi connectivity index (χ1n) is 11.2. The molecule has 0 saturated carbocycles. The molecule has 0 spiro atoms. The van der Waals surface area contributed by atoms with Crippen molar-refractivity contribution in [2.45, 2.75) is 58.3 Å². The van der Waals surface area contributed by atoms with Crippen LogP contribution >= 0.6 is 0 Å². The molecule has 0 radical (unpaired) electrons. The molecule has 1 heterocycles. The third-order valence-corrected chi connectivity index (χ3v) is 5.69. The summed E-state index contributed by atoms with van der Waals surface area (Å²) in [7, 11) is 0. The van der Waals surface area contributed by atoms with E-state index < -0.39 is 23.3 Å². The normalized spacial score (nSPS) is 16.1. The van der Waals surface area contributed by atoms with E-state index in [9.17, 15) is 24.1 Å². The van der Waals surface area contributed by atoms with E-state index >= 15 is 0 Å². The number of halogens is 2. The van der Waals surface area contributed by atoms with Gasteiger partial charge in [0.15, 0.2) is 0 Å². The molecule has 1 aliphatic heterocycles. The summed E-state index contributed by atoms with van der Waals surface area (Å²) in [5, 5.41) is 19.0. The Labute approximate surface area is 199 Å². The molecule has 0 unspecified atom stereocenters. The maximum absolute atomic E-state index is 14.0. The van der Waals surface area contributed by atoms with Crippen LogP contribution in [0, 0.1) is 34.3 Å². The highest BCUT2D eigenvalue weighted by Gasteiger charge is 2.31. The lowest BCUT2D eigenvalue weighted by Crippen LogP contribution is -2.50. The first kappa shape index (κ1) is 25.1. The molecule has 6 nitrogen and oxygen atoms in total. The molecule has 34 heavy (non-hydrogen) atoms. The second kappa shape index (κ2) is 10.6. The minimum Gasteiger partial charge on any atom is -0.444 e. The molecule has 0 bridgehead atoms. The third kappa shape index (κ3) is 6.52. The van der Waals surface area contributed by atoms with Gasteiger partial charge in [0, 0.05) is 32.2 Å². The summed E-state index contributed by atoms with van der Waals surface area (Å²) in [6.45, 7) is 6.73. The van der Waals surface area contributed by atoms with Crippen molar-refractivity contribution in [3.05, 3.63) is 70.3 Å². The summed E-state index contributed by atoms with van der Waals surface area (Å²) in [5.41, 5.74) is 1.03. The predicted octanol–water partition coefficient (Wildman–Crippen LogP) is 5.11. The van der Waals surface area contributed by atoms with Crippen molar-refractivity contribution in [2.75, 3.05) is 13.1 Å². The second-order valence-corrected chi connectivity index (χ2v) is 9.45. The molecule has 0 N–H and O–H groups in total. The van der Waals surface area contributed by atoms with Crippen LogP contribution in [0.15, 0.2) is 36.4 Å². The minimum atomic E-state index is -0.629. The molecule has 1 atom stereocenters. The number of piperidine rings is 1. The van der Waals surface area contributed by atoms with E-state index in [0.717, 1.165) is 12.8 Å². The zero-order valence-corrected chi connectivity index (χ0v) is 19.6. The topological polar surface area (TPSA) is 80.4 Å². The number of carbonyl (C=O) groups is 1. The van der Waals surface area contributed by atoms with Crippen LogP contribution in [0.3, 0.4) is 0 Å². The van der Waals surface area contributed by atoms with Crippen molar-refractivity contribution in [3.8, 4) is 12.1 Å². The summed E-state index contributed by atoms with van der Waals surface area (Å²) in [5.74, 6) is -0.923. The number of amides is 1. The van der Waals surface area contributed by atoms with E-state index in [1.807, 2.05) is 4.90 Å². The van der Waals surface area contributed by atoms with Crippen molar-refractivity contribution >= 4 is 6.09 Å². The van der Waals surface area contributed by atoms with Crippen LogP contribution < -0.4 is 0 Å². The first-order valence-corrected chi connectivity index (χ1v) is 11.2. The van der Waals surface area contributed by atoms with E-state index in [4.69, 9.17) is 4.74 Å². The minimum absolute atomic E-state index is 0.161. The van der Waals surface area contributed by atoms with Gasteiger partial charge in [-0.3, -0.25) is 4.90 Å². The van der Waals surface area contributed by atoms with Crippen LogP contribution in [-0.4, -0.2) is 40.6 Å². The zero-order chi connectivity index (χ0) is 24.9. The Balaban J connectivity index is 1.93. The fraction of sp³-hybridized carbons (Fsp3) is 0.423. The van der Waals surface area contributed by atoms with E-state index in [-0.39, 0.29) is 19.1 Å². The number of ether oxygens (including phenoxy) is 1. The molecule has 2 aromatic carbocycles. The van der Waals surface area contributed by atoms with Crippen LogP contribution in [0.25, 0.3) is 0 Å². The summed E-state index contributed by atoms with van der Waals surface area (Å²) < 4.78 is 33.5. The average molecular weight is 467 g/mol. The van der Waals surface area contributed by atoms with Crippen LogP contribution in [0.1, 0.15) is 55.9 Å². The number of carbonyl (C=O) groups excluding carboxylic acids is 1. The Morgan fingerprint density at radius 1 is 1.06 bits per heavy atom. The summed E-state index contributed by atoms with van der Waals surface area (Å²) >= 11 is 0. The number of hydrogen-bond acceptors (Lipinski definition) is 5. The van der Waals surface area contributed by atoms with Crippen molar-refractivity contribution in [2.24, 2.45) is 0 Å². The van der Waals surface area contributed by atoms with Gasteiger partial charge in [0.05, 0.1) is 23.3 Å². The molecule has 178 valence electrons. The molecule has 1 saturated heterocycles. The van der Waals surface area contributed by atoms with Crippen LogP contribution in [0.2, 0.25) is 0 Å². The Morgan fingerprint density at radius 2 is 1.59 bits per heavy atom. The van der Waals surface area contributed by atoms with E-state index in [2.05, 4.69) is 12.1 Å². The maximum atomic E-state index is 14.0. The fourth-order valence-electron chi connectivity index (χ4n) is 4.10. The highest BCUT2D eigenvalue weighted by atomic mass is 19.1. The number of hydrogen-bond donors (Lipinski definition) is 0. The molecule has 0 aliphatic carbocycles. The number of rotatable bonds is 5. The molecule has 3 rings (SSSR count). The van der Waals surface area contributed by atoms with Crippen LogP contribution in [0.4, 0.5) is 13.6 Å².